The molecule has 0 aliphatic rings. The molecule has 0 spiro atoms. The Labute approximate surface area is 377 Å². The monoisotopic (exact) mass is 846 g/mol. The standard InChI is InChI=1S/C54H54N8O2/c1-56(2)41-13-21-46(22-14-41)61(47-23-15-42(16-24-47)57(3)4)52-33-29-50(30-34-52)60(45-11-9-39(10-12-45)37-40(38-55)54(63)64)51-31-35-53(36-32-51)62(48-25-17-43(18-26-48)58(5)6)49-27-19-44(20-28-49)59(7)8/h9-37H,1-8H3,(H,63,64)/b40-37+. The molecule has 7 aromatic carbocycles. The van der Waals surface area contributed by atoms with Gasteiger partial charge in [-0.25, -0.2) is 4.79 Å². The maximum atomic E-state index is 11.6. The van der Waals surface area contributed by atoms with E-state index in [1.54, 1.807) is 6.07 Å². The summed E-state index contributed by atoms with van der Waals surface area (Å²) in [6, 6.07) is 60.5. The first kappa shape index (κ1) is 43.9. The summed E-state index contributed by atoms with van der Waals surface area (Å²) in [5.41, 5.74) is 13.5. The van der Waals surface area contributed by atoms with Gasteiger partial charge in [0.25, 0.3) is 0 Å². The molecule has 0 bridgehead atoms. The number of anilines is 13. The molecule has 64 heavy (non-hydrogen) atoms. The summed E-state index contributed by atoms with van der Waals surface area (Å²) in [5, 5.41) is 18.9. The number of nitrogens with zero attached hydrogens (tertiary/aromatic N) is 8. The van der Waals surface area contributed by atoms with Gasteiger partial charge in [-0.15, -0.1) is 0 Å². The molecule has 10 nitrogen and oxygen atoms in total. The van der Waals surface area contributed by atoms with Crippen molar-refractivity contribution in [2.45, 2.75) is 0 Å². The second-order valence-corrected chi connectivity index (χ2v) is 16.2. The topological polar surface area (TPSA) is 83.8 Å². The van der Waals surface area contributed by atoms with Crippen molar-refractivity contribution in [2.24, 2.45) is 0 Å². The SMILES string of the molecule is CN(C)c1ccc(N(c2ccc(N(C)C)cc2)c2ccc(N(c3ccc(/C=C(\C#N)C(=O)O)cc3)c3ccc(N(c4ccc(N(C)C)cc4)c4ccc(N(C)C)cc4)cc3)cc2)cc1. The molecule has 10 heteroatoms. The molecule has 0 aromatic heterocycles. The van der Waals surface area contributed by atoms with E-state index in [-0.39, 0.29) is 5.57 Å². The van der Waals surface area contributed by atoms with Crippen molar-refractivity contribution in [3.05, 3.63) is 181 Å². The first-order valence-corrected chi connectivity index (χ1v) is 21.0. The van der Waals surface area contributed by atoms with Gasteiger partial charge < -0.3 is 39.4 Å². The molecular weight excluding hydrogens is 793 g/mol. The minimum atomic E-state index is -1.26. The van der Waals surface area contributed by atoms with Crippen LogP contribution in [0.5, 0.6) is 0 Å². The molecular formula is C54H54N8O2. The fourth-order valence-electron chi connectivity index (χ4n) is 7.47. The van der Waals surface area contributed by atoms with Crippen LogP contribution < -0.4 is 34.3 Å². The highest BCUT2D eigenvalue weighted by Gasteiger charge is 2.19. The summed E-state index contributed by atoms with van der Waals surface area (Å²) in [5.74, 6) is -1.26. The number of carboxylic acid groups (broad SMARTS) is 1. The zero-order valence-electron chi connectivity index (χ0n) is 37.7. The molecule has 0 amide bonds. The van der Waals surface area contributed by atoms with E-state index in [4.69, 9.17) is 0 Å². The van der Waals surface area contributed by atoms with Gasteiger partial charge in [-0.05, 0) is 169 Å². The van der Waals surface area contributed by atoms with Gasteiger partial charge in [0.2, 0.25) is 0 Å². The van der Waals surface area contributed by atoms with Gasteiger partial charge in [-0.1, -0.05) is 12.1 Å². The molecule has 7 aromatic rings. The number of rotatable bonds is 15. The number of hydrogen-bond donors (Lipinski definition) is 1. The molecule has 0 fully saturated rings. The van der Waals surface area contributed by atoms with Crippen molar-refractivity contribution >= 4 is 86.0 Å². The van der Waals surface area contributed by atoms with E-state index < -0.39 is 5.97 Å². The number of aliphatic carboxylic acids is 1. The van der Waals surface area contributed by atoms with Crippen LogP contribution in [0.15, 0.2) is 175 Å². The van der Waals surface area contributed by atoms with E-state index in [9.17, 15) is 15.2 Å². The lowest BCUT2D eigenvalue weighted by Gasteiger charge is -2.30. The number of nitriles is 1. The fraction of sp³-hybridized carbons (Fsp3) is 0.148. The third-order valence-corrected chi connectivity index (χ3v) is 11.0. The molecule has 0 saturated carbocycles. The van der Waals surface area contributed by atoms with Crippen LogP contribution in [0.25, 0.3) is 6.08 Å². The van der Waals surface area contributed by atoms with E-state index in [0.717, 1.165) is 73.9 Å². The zero-order valence-corrected chi connectivity index (χ0v) is 37.7. The fourth-order valence-corrected chi connectivity index (χ4v) is 7.47. The second-order valence-electron chi connectivity index (χ2n) is 16.2. The molecule has 0 saturated heterocycles. The van der Waals surface area contributed by atoms with Crippen LogP contribution in [-0.4, -0.2) is 67.5 Å². The van der Waals surface area contributed by atoms with Crippen molar-refractivity contribution in [3.63, 3.8) is 0 Å². The highest BCUT2D eigenvalue weighted by molar-refractivity contribution is 5.96. The van der Waals surface area contributed by atoms with E-state index in [1.165, 1.54) is 6.08 Å². The van der Waals surface area contributed by atoms with Crippen molar-refractivity contribution in [1.82, 2.24) is 0 Å². The van der Waals surface area contributed by atoms with Crippen molar-refractivity contribution in [1.29, 1.82) is 5.26 Å². The Kier molecular flexibility index (Phi) is 13.2. The van der Waals surface area contributed by atoms with E-state index in [1.807, 2.05) is 80.6 Å². The van der Waals surface area contributed by atoms with Crippen LogP contribution in [0.4, 0.5) is 73.9 Å². The number of hydrogen-bond acceptors (Lipinski definition) is 9. The summed E-state index contributed by atoms with van der Waals surface area (Å²) < 4.78 is 0. The Bertz CT molecular complexity index is 2470. The highest BCUT2D eigenvalue weighted by Crippen LogP contribution is 2.42. The maximum absolute atomic E-state index is 11.6. The van der Waals surface area contributed by atoms with Gasteiger partial charge >= 0.3 is 5.97 Å². The van der Waals surface area contributed by atoms with Crippen LogP contribution in [0, 0.1) is 11.3 Å². The van der Waals surface area contributed by atoms with Gasteiger partial charge in [0, 0.05) is 130 Å². The first-order chi connectivity index (χ1) is 30.8. The Morgan fingerprint density at radius 3 is 0.688 bits per heavy atom. The smallest absolute Gasteiger partial charge is 0.346 e. The minimum absolute atomic E-state index is 0.328. The first-order valence-electron chi connectivity index (χ1n) is 21.0. The lowest BCUT2D eigenvalue weighted by Crippen LogP contribution is -2.14. The maximum Gasteiger partial charge on any atom is 0.346 e. The summed E-state index contributed by atoms with van der Waals surface area (Å²) in [6.07, 6.45) is 1.38. The molecule has 1 N–H and O–H groups in total. The van der Waals surface area contributed by atoms with Crippen LogP contribution in [-0.2, 0) is 4.79 Å². The van der Waals surface area contributed by atoms with E-state index in [0.29, 0.717) is 5.56 Å². The molecule has 0 radical (unpaired) electrons. The van der Waals surface area contributed by atoms with Gasteiger partial charge in [-0.2, -0.15) is 5.26 Å². The summed E-state index contributed by atoms with van der Waals surface area (Å²) in [4.78, 5) is 26.7. The van der Waals surface area contributed by atoms with Crippen LogP contribution in [0.3, 0.4) is 0 Å². The third kappa shape index (κ3) is 9.80. The molecule has 0 heterocycles. The second kappa shape index (κ2) is 19.3. The predicted molar refractivity (Wildman–Crippen MR) is 269 cm³/mol. The molecule has 0 atom stereocenters. The van der Waals surface area contributed by atoms with E-state index >= 15 is 0 Å². The summed E-state index contributed by atoms with van der Waals surface area (Å²) >= 11 is 0. The number of benzene rings is 7. The van der Waals surface area contributed by atoms with Gasteiger partial charge in [-0.3, -0.25) is 0 Å². The average Bonchev–Trinajstić information content (AvgIpc) is 3.30. The molecule has 0 aliphatic heterocycles. The Morgan fingerprint density at radius 2 is 0.531 bits per heavy atom. The Morgan fingerprint density at radius 1 is 0.359 bits per heavy atom. The van der Waals surface area contributed by atoms with Crippen LogP contribution in [0.2, 0.25) is 0 Å². The van der Waals surface area contributed by atoms with Gasteiger partial charge in [0.15, 0.2) is 0 Å². The molecule has 7 rings (SSSR count). The summed E-state index contributed by atoms with van der Waals surface area (Å²) in [6.45, 7) is 0. The van der Waals surface area contributed by atoms with E-state index in [2.05, 4.69) is 180 Å². The Balaban J connectivity index is 1.31. The largest absolute Gasteiger partial charge is 0.477 e. The van der Waals surface area contributed by atoms with Crippen LogP contribution in [0.1, 0.15) is 5.56 Å². The average molecular weight is 847 g/mol. The zero-order chi connectivity index (χ0) is 45.5. The van der Waals surface area contributed by atoms with Gasteiger partial charge in [0.1, 0.15) is 11.6 Å². The lowest BCUT2D eigenvalue weighted by molar-refractivity contribution is -0.132. The van der Waals surface area contributed by atoms with Crippen molar-refractivity contribution in [2.75, 3.05) is 90.7 Å². The van der Waals surface area contributed by atoms with Crippen LogP contribution >= 0.6 is 0 Å². The summed E-state index contributed by atoms with van der Waals surface area (Å²) in [7, 11) is 16.3. The molecule has 0 aliphatic carbocycles. The predicted octanol–water partition coefficient (Wildman–Crippen LogP) is 12.4. The third-order valence-electron chi connectivity index (χ3n) is 11.0. The number of carbonyl (C=O) groups is 1. The minimum Gasteiger partial charge on any atom is -0.477 e. The van der Waals surface area contributed by atoms with Crippen molar-refractivity contribution < 1.29 is 9.90 Å². The molecule has 0 unspecified atom stereocenters. The number of carboxylic acids is 1. The van der Waals surface area contributed by atoms with Gasteiger partial charge in [0.05, 0.1) is 0 Å². The molecule has 322 valence electrons. The van der Waals surface area contributed by atoms with Crippen molar-refractivity contribution in [3.8, 4) is 6.07 Å². The quantitative estimate of drug-likeness (QED) is 0.0795. The normalized spacial score (nSPS) is 11.0. The lowest BCUT2D eigenvalue weighted by atomic mass is 10.1. The highest BCUT2D eigenvalue weighted by atomic mass is 16.4. The Hall–Kier alpha value is -8.16.